The standard InChI is InChI=1S/C14H14ClF3O2/c15-11-4-5-12(7-11)20-13(19)10-3-1-2-9(6-10)8-14(16,17)18/h1-3,6,11-12H,4-5,7-8H2. The lowest BCUT2D eigenvalue weighted by Gasteiger charge is -2.12. The van der Waals surface area contributed by atoms with E-state index in [1.54, 1.807) is 0 Å². The summed E-state index contributed by atoms with van der Waals surface area (Å²) in [5, 5.41) is 0.00404. The topological polar surface area (TPSA) is 26.3 Å². The minimum absolute atomic E-state index is 0.00404. The molecule has 1 aromatic rings. The Kier molecular flexibility index (Phi) is 4.58. The molecule has 0 saturated heterocycles. The molecule has 0 radical (unpaired) electrons. The smallest absolute Gasteiger partial charge is 0.393 e. The molecule has 2 unspecified atom stereocenters. The Bertz CT molecular complexity index is 488. The van der Waals surface area contributed by atoms with E-state index in [4.69, 9.17) is 16.3 Å². The first-order valence-electron chi connectivity index (χ1n) is 6.34. The van der Waals surface area contributed by atoms with Crippen LogP contribution in [0.3, 0.4) is 0 Å². The van der Waals surface area contributed by atoms with E-state index in [1.807, 2.05) is 0 Å². The van der Waals surface area contributed by atoms with E-state index in [2.05, 4.69) is 0 Å². The van der Waals surface area contributed by atoms with E-state index in [1.165, 1.54) is 24.3 Å². The minimum Gasteiger partial charge on any atom is -0.459 e. The molecule has 6 heteroatoms. The van der Waals surface area contributed by atoms with Crippen LogP contribution >= 0.6 is 11.6 Å². The first-order chi connectivity index (χ1) is 9.33. The van der Waals surface area contributed by atoms with Gasteiger partial charge in [-0.1, -0.05) is 12.1 Å². The summed E-state index contributed by atoms with van der Waals surface area (Å²) in [6.45, 7) is 0. The van der Waals surface area contributed by atoms with E-state index >= 15 is 0 Å². The number of alkyl halides is 4. The van der Waals surface area contributed by atoms with Gasteiger partial charge in [0.25, 0.3) is 0 Å². The lowest BCUT2D eigenvalue weighted by atomic mass is 10.1. The molecule has 0 amide bonds. The molecule has 20 heavy (non-hydrogen) atoms. The van der Waals surface area contributed by atoms with Crippen molar-refractivity contribution < 1.29 is 22.7 Å². The van der Waals surface area contributed by atoms with Crippen molar-refractivity contribution in [2.75, 3.05) is 0 Å². The molecule has 0 heterocycles. The summed E-state index contributed by atoms with van der Waals surface area (Å²) in [5.41, 5.74) is 0.193. The van der Waals surface area contributed by atoms with Crippen molar-refractivity contribution >= 4 is 17.6 Å². The predicted molar refractivity (Wildman–Crippen MR) is 68.9 cm³/mol. The summed E-state index contributed by atoms with van der Waals surface area (Å²) in [6, 6.07) is 5.45. The maximum Gasteiger partial charge on any atom is 0.393 e. The summed E-state index contributed by atoms with van der Waals surface area (Å²) in [6.07, 6.45) is -3.51. The van der Waals surface area contributed by atoms with Crippen molar-refractivity contribution in [3.05, 3.63) is 35.4 Å². The zero-order valence-electron chi connectivity index (χ0n) is 10.6. The van der Waals surface area contributed by atoms with Crippen molar-refractivity contribution in [3.8, 4) is 0 Å². The van der Waals surface area contributed by atoms with Gasteiger partial charge in [-0.25, -0.2) is 4.79 Å². The lowest BCUT2D eigenvalue weighted by Crippen LogP contribution is -2.16. The quantitative estimate of drug-likeness (QED) is 0.620. The number of rotatable bonds is 3. The molecule has 1 saturated carbocycles. The van der Waals surface area contributed by atoms with Gasteiger partial charge in [0.1, 0.15) is 6.10 Å². The molecule has 2 atom stereocenters. The Hall–Kier alpha value is -1.23. The highest BCUT2D eigenvalue weighted by Gasteiger charge is 2.29. The Labute approximate surface area is 119 Å². The van der Waals surface area contributed by atoms with Crippen molar-refractivity contribution in [1.82, 2.24) is 0 Å². The van der Waals surface area contributed by atoms with Gasteiger partial charge in [0.2, 0.25) is 0 Å². The third-order valence-corrected chi connectivity index (χ3v) is 3.56. The zero-order chi connectivity index (χ0) is 14.8. The second kappa shape index (κ2) is 6.04. The SMILES string of the molecule is O=C(OC1CCC(Cl)C1)c1cccc(CC(F)(F)F)c1. The highest BCUT2D eigenvalue weighted by molar-refractivity contribution is 6.20. The fraction of sp³-hybridized carbons (Fsp3) is 0.500. The molecule has 1 aromatic carbocycles. The van der Waals surface area contributed by atoms with Crippen molar-refractivity contribution in [2.45, 2.75) is 43.3 Å². The summed E-state index contributed by atoms with van der Waals surface area (Å²) in [4.78, 5) is 11.9. The Morgan fingerprint density at radius 3 is 2.70 bits per heavy atom. The Morgan fingerprint density at radius 1 is 1.35 bits per heavy atom. The number of halogens is 4. The van der Waals surface area contributed by atoms with E-state index < -0.39 is 18.6 Å². The molecule has 0 aliphatic heterocycles. The summed E-state index contributed by atoms with van der Waals surface area (Å²) >= 11 is 5.92. The molecule has 1 aliphatic carbocycles. The molecule has 110 valence electrons. The van der Waals surface area contributed by atoms with E-state index in [-0.39, 0.29) is 22.6 Å². The van der Waals surface area contributed by atoms with Gasteiger partial charge in [0, 0.05) is 11.8 Å². The molecule has 0 spiro atoms. The van der Waals surface area contributed by atoms with Crippen LogP contribution in [0.15, 0.2) is 24.3 Å². The number of esters is 1. The van der Waals surface area contributed by atoms with E-state index in [9.17, 15) is 18.0 Å². The number of hydrogen-bond acceptors (Lipinski definition) is 2. The fourth-order valence-electron chi connectivity index (χ4n) is 2.25. The molecule has 2 nitrogen and oxygen atoms in total. The van der Waals surface area contributed by atoms with Crippen LogP contribution in [-0.2, 0) is 11.2 Å². The number of carbonyl (C=O) groups excluding carboxylic acids is 1. The average molecular weight is 307 g/mol. The highest BCUT2D eigenvalue weighted by atomic mass is 35.5. The first-order valence-corrected chi connectivity index (χ1v) is 6.78. The van der Waals surface area contributed by atoms with Crippen LogP contribution in [0.1, 0.15) is 35.2 Å². The van der Waals surface area contributed by atoms with Gasteiger partial charge in [-0.05, 0) is 30.5 Å². The predicted octanol–water partition coefficient (Wildman–Crippen LogP) is 4.11. The van der Waals surface area contributed by atoms with Gasteiger partial charge in [-0.2, -0.15) is 13.2 Å². The van der Waals surface area contributed by atoms with Crippen LogP contribution in [0.25, 0.3) is 0 Å². The normalized spacial score (nSPS) is 22.8. The maximum absolute atomic E-state index is 12.3. The van der Waals surface area contributed by atoms with Crippen LogP contribution in [0, 0.1) is 0 Å². The van der Waals surface area contributed by atoms with Crippen LogP contribution in [-0.4, -0.2) is 23.6 Å². The van der Waals surface area contributed by atoms with E-state index in [0.29, 0.717) is 12.8 Å². The average Bonchev–Trinajstić information content (AvgIpc) is 2.73. The largest absolute Gasteiger partial charge is 0.459 e. The summed E-state index contributed by atoms with van der Waals surface area (Å²) in [7, 11) is 0. The molecule has 1 aliphatic rings. The fourth-order valence-corrected chi connectivity index (χ4v) is 2.58. The molecule has 2 rings (SSSR count). The monoisotopic (exact) mass is 306 g/mol. The van der Waals surface area contributed by atoms with Gasteiger partial charge < -0.3 is 4.74 Å². The van der Waals surface area contributed by atoms with Gasteiger partial charge in [-0.3, -0.25) is 0 Å². The second-order valence-electron chi connectivity index (χ2n) is 4.93. The Balaban J connectivity index is 2.01. The first kappa shape index (κ1) is 15.2. The number of carbonyl (C=O) groups is 1. The van der Waals surface area contributed by atoms with Crippen molar-refractivity contribution in [2.24, 2.45) is 0 Å². The van der Waals surface area contributed by atoms with Gasteiger partial charge >= 0.3 is 12.1 Å². The molecule has 0 bridgehead atoms. The Morgan fingerprint density at radius 2 is 2.10 bits per heavy atom. The molecular weight excluding hydrogens is 293 g/mol. The van der Waals surface area contributed by atoms with Crippen LogP contribution in [0.4, 0.5) is 13.2 Å². The highest BCUT2D eigenvalue weighted by Crippen LogP contribution is 2.27. The lowest BCUT2D eigenvalue weighted by molar-refractivity contribution is -0.127. The van der Waals surface area contributed by atoms with Crippen LogP contribution < -0.4 is 0 Å². The van der Waals surface area contributed by atoms with Crippen LogP contribution in [0.2, 0.25) is 0 Å². The van der Waals surface area contributed by atoms with E-state index in [0.717, 1.165) is 6.42 Å². The van der Waals surface area contributed by atoms with Crippen molar-refractivity contribution in [3.63, 3.8) is 0 Å². The van der Waals surface area contributed by atoms with Gasteiger partial charge in [0.15, 0.2) is 0 Å². The minimum atomic E-state index is -4.29. The number of ether oxygens (including phenoxy) is 1. The summed E-state index contributed by atoms with van der Waals surface area (Å²) in [5.74, 6) is -0.593. The third-order valence-electron chi connectivity index (χ3n) is 3.16. The summed E-state index contributed by atoms with van der Waals surface area (Å²) < 4.78 is 42.2. The third kappa shape index (κ3) is 4.40. The van der Waals surface area contributed by atoms with Gasteiger partial charge in [0.05, 0.1) is 12.0 Å². The number of hydrogen-bond donors (Lipinski definition) is 0. The molecular formula is C14H14ClF3O2. The molecule has 0 N–H and O–H groups in total. The van der Waals surface area contributed by atoms with Crippen LogP contribution in [0.5, 0.6) is 0 Å². The zero-order valence-corrected chi connectivity index (χ0v) is 11.4. The van der Waals surface area contributed by atoms with Crippen molar-refractivity contribution in [1.29, 1.82) is 0 Å². The number of benzene rings is 1. The molecule has 1 fully saturated rings. The van der Waals surface area contributed by atoms with Gasteiger partial charge in [-0.15, -0.1) is 11.6 Å². The molecule has 0 aromatic heterocycles. The maximum atomic E-state index is 12.3. The second-order valence-corrected chi connectivity index (χ2v) is 5.55.